The maximum absolute atomic E-state index is 9.12. The second-order valence-electron chi connectivity index (χ2n) is 4.23. The van der Waals surface area contributed by atoms with E-state index in [9.17, 15) is 0 Å². The van der Waals surface area contributed by atoms with Gasteiger partial charge in [0.15, 0.2) is 0 Å². The minimum Gasteiger partial charge on any atom is -0.395 e. The second-order valence-corrected chi connectivity index (χ2v) is 4.23. The minimum absolute atomic E-state index is 0.187. The number of rotatable bonds is 6. The molecule has 0 aromatic carbocycles. The Morgan fingerprint density at radius 1 is 1.23 bits per heavy atom. The van der Waals surface area contributed by atoms with Crippen LogP contribution in [0.25, 0.3) is 0 Å². The Hall–Kier alpha value is -0.120. The van der Waals surface area contributed by atoms with Gasteiger partial charge in [-0.2, -0.15) is 0 Å². The van der Waals surface area contributed by atoms with Crippen molar-refractivity contribution in [1.29, 1.82) is 0 Å². The number of nitrogens with one attached hydrogen (secondary N) is 1. The molecule has 0 saturated heterocycles. The zero-order valence-electron chi connectivity index (χ0n) is 9.54. The van der Waals surface area contributed by atoms with Gasteiger partial charge in [0.25, 0.3) is 0 Å². The zero-order chi connectivity index (χ0) is 10.4. The van der Waals surface area contributed by atoms with E-state index in [1.54, 1.807) is 0 Å². The molecule has 0 fully saturated rings. The summed E-state index contributed by atoms with van der Waals surface area (Å²) in [6.07, 6.45) is 0. The van der Waals surface area contributed by atoms with Crippen LogP contribution < -0.4 is 5.32 Å². The van der Waals surface area contributed by atoms with Crippen LogP contribution in [0.2, 0.25) is 0 Å². The molecular formula is C10H24N2O. The highest BCUT2D eigenvalue weighted by atomic mass is 16.3. The maximum Gasteiger partial charge on any atom is 0.0597 e. The lowest BCUT2D eigenvalue weighted by atomic mass is 10.2. The highest BCUT2D eigenvalue weighted by Crippen LogP contribution is 1.96. The number of likely N-dealkylation sites (N-methyl/N-ethyl adjacent to an activating group) is 1. The van der Waals surface area contributed by atoms with Gasteiger partial charge in [0.05, 0.1) is 6.61 Å². The van der Waals surface area contributed by atoms with Gasteiger partial charge in [-0.05, 0) is 20.9 Å². The van der Waals surface area contributed by atoms with Crippen LogP contribution in [-0.2, 0) is 0 Å². The van der Waals surface area contributed by atoms with Gasteiger partial charge in [0.2, 0.25) is 0 Å². The Bertz CT molecular complexity index is 126. The van der Waals surface area contributed by atoms with Crippen LogP contribution >= 0.6 is 0 Å². The van der Waals surface area contributed by atoms with Crippen LogP contribution in [0.1, 0.15) is 27.7 Å². The van der Waals surface area contributed by atoms with Crippen LogP contribution in [0.4, 0.5) is 0 Å². The Balaban J connectivity index is 3.83. The summed E-state index contributed by atoms with van der Waals surface area (Å²) >= 11 is 0. The molecule has 0 heterocycles. The SMILES string of the molecule is CC(C)NC(CO)CN(C)C(C)C. The third kappa shape index (κ3) is 6.02. The lowest BCUT2D eigenvalue weighted by Crippen LogP contribution is -2.46. The summed E-state index contributed by atoms with van der Waals surface area (Å²) < 4.78 is 0. The van der Waals surface area contributed by atoms with E-state index in [0.29, 0.717) is 12.1 Å². The smallest absolute Gasteiger partial charge is 0.0597 e. The first kappa shape index (κ1) is 12.9. The number of hydrogen-bond donors (Lipinski definition) is 2. The van der Waals surface area contributed by atoms with Crippen molar-refractivity contribution in [1.82, 2.24) is 10.2 Å². The van der Waals surface area contributed by atoms with E-state index in [-0.39, 0.29) is 12.6 Å². The first-order valence-electron chi connectivity index (χ1n) is 5.04. The summed E-state index contributed by atoms with van der Waals surface area (Å²) in [5.41, 5.74) is 0. The van der Waals surface area contributed by atoms with Crippen molar-refractivity contribution >= 4 is 0 Å². The predicted octanol–water partition coefficient (Wildman–Crippen LogP) is 0.685. The summed E-state index contributed by atoms with van der Waals surface area (Å²) in [6, 6.07) is 1.15. The number of aliphatic hydroxyl groups excluding tert-OH is 1. The predicted molar refractivity (Wildman–Crippen MR) is 56.9 cm³/mol. The van der Waals surface area contributed by atoms with Crippen molar-refractivity contribution in [2.75, 3.05) is 20.2 Å². The molecular weight excluding hydrogens is 164 g/mol. The van der Waals surface area contributed by atoms with Crippen LogP contribution in [0.3, 0.4) is 0 Å². The van der Waals surface area contributed by atoms with Gasteiger partial charge in [-0.15, -0.1) is 0 Å². The summed E-state index contributed by atoms with van der Waals surface area (Å²) in [6.45, 7) is 9.60. The lowest BCUT2D eigenvalue weighted by Gasteiger charge is -2.27. The van der Waals surface area contributed by atoms with Gasteiger partial charge in [0, 0.05) is 24.7 Å². The van der Waals surface area contributed by atoms with Crippen molar-refractivity contribution in [3.63, 3.8) is 0 Å². The average molecular weight is 188 g/mol. The molecule has 0 radical (unpaired) electrons. The summed E-state index contributed by atoms with van der Waals surface area (Å²) in [7, 11) is 2.08. The van der Waals surface area contributed by atoms with Gasteiger partial charge < -0.3 is 15.3 Å². The first-order chi connectivity index (χ1) is 5.97. The standard InChI is InChI=1S/C10H24N2O/c1-8(2)11-10(7-13)6-12(5)9(3)4/h8-11,13H,6-7H2,1-5H3. The molecule has 0 rings (SSSR count). The molecule has 0 aromatic heterocycles. The highest BCUT2D eigenvalue weighted by molar-refractivity contribution is 4.72. The molecule has 80 valence electrons. The molecule has 0 amide bonds. The van der Waals surface area contributed by atoms with E-state index in [0.717, 1.165) is 6.54 Å². The number of nitrogens with zero attached hydrogens (tertiary/aromatic N) is 1. The third-order valence-corrected chi connectivity index (χ3v) is 2.18. The van der Waals surface area contributed by atoms with Crippen LogP contribution in [0, 0.1) is 0 Å². The van der Waals surface area contributed by atoms with Gasteiger partial charge >= 0.3 is 0 Å². The molecule has 0 bridgehead atoms. The minimum atomic E-state index is 0.187. The Kier molecular flexibility index (Phi) is 6.29. The maximum atomic E-state index is 9.12. The van der Waals surface area contributed by atoms with Crippen molar-refractivity contribution in [3.05, 3.63) is 0 Å². The van der Waals surface area contributed by atoms with Crippen molar-refractivity contribution in [3.8, 4) is 0 Å². The summed E-state index contributed by atoms with van der Waals surface area (Å²) in [4.78, 5) is 2.23. The quantitative estimate of drug-likeness (QED) is 0.643. The van der Waals surface area contributed by atoms with Crippen LogP contribution in [0.5, 0.6) is 0 Å². The van der Waals surface area contributed by atoms with E-state index in [1.807, 2.05) is 0 Å². The van der Waals surface area contributed by atoms with E-state index in [4.69, 9.17) is 5.11 Å². The van der Waals surface area contributed by atoms with Crippen LogP contribution in [-0.4, -0.2) is 48.3 Å². The molecule has 1 atom stereocenters. The topological polar surface area (TPSA) is 35.5 Å². The van der Waals surface area contributed by atoms with E-state index in [1.165, 1.54) is 0 Å². The molecule has 1 unspecified atom stereocenters. The number of aliphatic hydroxyl groups is 1. The molecule has 3 heteroatoms. The fraction of sp³-hybridized carbons (Fsp3) is 1.00. The van der Waals surface area contributed by atoms with Gasteiger partial charge in [-0.1, -0.05) is 13.8 Å². The van der Waals surface area contributed by atoms with Crippen molar-refractivity contribution in [2.24, 2.45) is 0 Å². The van der Waals surface area contributed by atoms with Crippen LogP contribution in [0.15, 0.2) is 0 Å². The number of hydrogen-bond acceptors (Lipinski definition) is 3. The summed E-state index contributed by atoms with van der Waals surface area (Å²) in [5, 5.41) is 12.4. The fourth-order valence-electron chi connectivity index (χ4n) is 1.19. The van der Waals surface area contributed by atoms with Gasteiger partial charge in [0.1, 0.15) is 0 Å². The summed E-state index contributed by atoms with van der Waals surface area (Å²) in [5.74, 6) is 0. The molecule has 2 N–H and O–H groups in total. The molecule has 0 aliphatic heterocycles. The molecule has 0 saturated carbocycles. The Labute approximate surface area is 82.1 Å². The lowest BCUT2D eigenvalue weighted by molar-refractivity contribution is 0.175. The van der Waals surface area contributed by atoms with Crippen molar-refractivity contribution in [2.45, 2.75) is 45.8 Å². The molecule has 0 aromatic rings. The fourth-order valence-corrected chi connectivity index (χ4v) is 1.19. The molecule has 0 aliphatic rings. The largest absolute Gasteiger partial charge is 0.395 e. The average Bonchev–Trinajstić information content (AvgIpc) is 2.02. The van der Waals surface area contributed by atoms with E-state index >= 15 is 0 Å². The zero-order valence-corrected chi connectivity index (χ0v) is 9.54. The van der Waals surface area contributed by atoms with E-state index < -0.39 is 0 Å². The monoisotopic (exact) mass is 188 g/mol. The molecule has 0 spiro atoms. The molecule has 3 nitrogen and oxygen atoms in total. The second kappa shape index (κ2) is 6.35. The van der Waals surface area contributed by atoms with E-state index in [2.05, 4.69) is 45.0 Å². The Morgan fingerprint density at radius 3 is 2.08 bits per heavy atom. The Morgan fingerprint density at radius 2 is 1.77 bits per heavy atom. The highest BCUT2D eigenvalue weighted by Gasteiger charge is 2.12. The first-order valence-corrected chi connectivity index (χ1v) is 5.04. The normalized spacial score (nSPS) is 14.5. The van der Waals surface area contributed by atoms with Gasteiger partial charge in [-0.25, -0.2) is 0 Å². The van der Waals surface area contributed by atoms with Crippen molar-refractivity contribution < 1.29 is 5.11 Å². The molecule has 0 aliphatic carbocycles. The third-order valence-electron chi connectivity index (χ3n) is 2.18. The molecule has 13 heavy (non-hydrogen) atoms. The van der Waals surface area contributed by atoms with Gasteiger partial charge in [-0.3, -0.25) is 0 Å².